The van der Waals surface area contributed by atoms with Gasteiger partial charge in [0.2, 0.25) is 0 Å². The number of ether oxygens (including phenoxy) is 4. The minimum absolute atomic E-state index is 0.0174. The number of nitrogens with zero attached hydrogens (tertiary/aromatic N) is 2. The summed E-state index contributed by atoms with van der Waals surface area (Å²) >= 11 is 0. The number of carbonyl (C=O) groups is 3. The Morgan fingerprint density at radius 2 is 1.69 bits per heavy atom. The number of urea groups is 1. The number of H-pyrrole nitrogens is 1. The molecule has 2 N–H and O–H groups in total. The lowest BCUT2D eigenvalue weighted by Crippen LogP contribution is -2.54. The van der Waals surface area contributed by atoms with Crippen LogP contribution in [0.4, 0.5) is 10.5 Å². The number of amides is 2. The van der Waals surface area contributed by atoms with E-state index in [1.165, 1.54) is 23.3 Å². The minimum Gasteiger partial charge on any atom is -0.463 e. The zero-order chi connectivity index (χ0) is 33.0. The number of hydrogen-bond donors (Lipinski definition) is 2. The number of anilines is 1. The van der Waals surface area contributed by atoms with Crippen molar-refractivity contribution >= 4 is 23.7 Å². The van der Waals surface area contributed by atoms with E-state index in [4.69, 9.17) is 25.4 Å². The Kier molecular flexibility index (Phi) is 12.9. The second-order valence-electron chi connectivity index (χ2n) is 10.5. The fraction of sp³-hybridized carbons (Fsp3) is 0.531. The van der Waals surface area contributed by atoms with Crippen molar-refractivity contribution in [1.82, 2.24) is 14.9 Å². The van der Waals surface area contributed by atoms with E-state index in [1.807, 2.05) is 0 Å². The first kappa shape index (κ1) is 35.1. The van der Waals surface area contributed by atoms with Crippen molar-refractivity contribution in [3.8, 4) is 12.3 Å². The van der Waals surface area contributed by atoms with E-state index in [1.54, 1.807) is 43.0 Å². The topological polar surface area (TPSA) is 158 Å². The van der Waals surface area contributed by atoms with E-state index in [-0.39, 0.29) is 38.7 Å². The van der Waals surface area contributed by atoms with Crippen molar-refractivity contribution in [2.75, 3.05) is 37.8 Å². The lowest BCUT2D eigenvalue weighted by Gasteiger charge is -2.31. The number of benzene rings is 1. The van der Waals surface area contributed by atoms with E-state index in [2.05, 4.69) is 30.1 Å². The van der Waals surface area contributed by atoms with Crippen LogP contribution in [0.25, 0.3) is 0 Å². The Labute approximate surface area is 262 Å². The summed E-state index contributed by atoms with van der Waals surface area (Å²) in [4.78, 5) is 66.6. The van der Waals surface area contributed by atoms with Gasteiger partial charge in [-0.25, -0.2) is 19.2 Å². The first-order valence-corrected chi connectivity index (χ1v) is 15.2. The molecule has 13 nitrogen and oxygen atoms in total. The molecule has 2 saturated heterocycles. The molecule has 2 fully saturated rings. The van der Waals surface area contributed by atoms with Gasteiger partial charge in [-0.05, 0) is 38.0 Å². The smallest absolute Gasteiger partial charge is 0.350 e. The summed E-state index contributed by atoms with van der Waals surface area (Å²) in [6.45, 7) is 8.30. The monoisotopic (exact) mass is 626 g/mol. The van der Waals surface area contributed by atoms with Crippen LogP contribution in [0.3, 0.4) is 0 Å². The fourth-order valence-corrected chi connectivity index (χ4v) is 4.96. The van der Waals surface area contributed by atoms with Crippen LogP contribution >= 0.6 is 0 Å². The van der Waals surface area contributed by atoms with Crippen LogP contribution in [0.15, 0.2) is 46.1 Å². The van der Waals surface area contributed by atoms with Crippen molar-refractivity contribution in [1.29, 1.82) is 0 Å². The molecule has 3 atom stereocenters. The van der Waals surface area contributed by atoms with Gasteiger partial charge in [0, 0.05) is 43.9 Å². The van der Waals surface area contributed by atoms with Gasteiger partial charge in [-0.15, -0.1) is 12.3 Å². The molecule has 3 heterocycles. The summed E-state index contributed by atoms with van der Waals surface area (Å²) in [6, 6.07) is 7.83. The van der Waals surface area contributed by atoms with Crippen molar-refractivity contribution < 1.29 is 33.3 Å². The summed E-state index contributed by atoms with van der Waals surface area (Å²) in [5, 5.41) is 2.80. The third-order valence-electron chi connectivity index (χ3n) is 7.10. The summed E-state index contributed by atoms with van der Waals surface area (Å²) < 4.78 is 23.9. The number of carbonyl (C=O) groups excluding carboxylic acids is 3. The third-order valence-corrected chi connectivity index (χ3v) is 7.10. The normalized spacial score (nSPS) is 19.5. The number of aromatic nitrogens is 2. The van der Waals surface area contributed by atoms with Crippen LogP contribution in [-0.4, -0.2) is 72.1 Å². The summed E-state index contributed by atoms with van der Waals surface area (Å²) in [6.07, 6.45) is 7.50. The molecule has 2 aliphatic heterocycles. The van der Waals surface area contributed by atoms with Gasteiger partial charge in [-0.2, -0.15) is 0 Å². The number of terminal acetylenes is 1. The van der Waals surface area contributed by atoms with Gasteiger partial charge in [-0.1, -0.05) is 32.4 Å². The highest BCUT2D eigenvalue weighted by atomic mass is 16.6. The maximum Gasteiger partial charge on any atom is 0.350 e. The molecule has 244 valence electrons. The maximum absolute atomic E-state index is 13.4. The molecule has 0 radical (unpaired) electrons. The zero-order valence-corrected chi connectivity index (χ0v) is 26.2. The fourth-order valence-electron chi connectivity index (χ4n) is 4.96. The van der Waals surface area contributed by atoms with Gasteiger partial charge in [0.15, 0.2) is 0 Å². The number of aromatic amines is 1. The van der Waals surface area contributed by atoms with E-state index in [9.17, 15) is 24.0 Å². The molecule has 13 heteroatoms. The molecule has 0 aliphatic carbocycles. The molecule has 0 saturated carbocycles. The molecule has 2 aromatic rings. The maximum atomic E-state index is 13.4. The van der Waals surface area contributed by atoms with Gasteiger partial charge >= 0.3 is 23.7 Å². The molecule has 2 amide bonds. The quantitative estimate of drug-likeness (QED) is 0.217. The lowest BCUT2D eigenvalue weighted by molar-refractivity contribution is -0.195. The Balaban J connectivity index is 0.00000177. The molecule has 0 spiro atoms. The average molecular weight is 627 g/mol. The highest BCUT2D eigenvalue weighted by Crippen LogP contribution is 2.34. The van der Waals surface area contributed by atoms with Crippen molar-refractivity contribution in [2.24, 2.45) is 5.92 Å². The van der Waals surface area contributed by atoms with Gasteiger partial charge in [0.05, 0.1) is 31.8 Å². The molecule has 3 unspecified atom stereocenters. The van der Waals surface area contributed by atoms with Gasteiger partial charge in [0.25, 0.3) is 11.2 Å². The van der Waals surface area contributed by atoms with E-state index >= 15 is 0 Å². The number of nitrogens with one attached hydrogen (secondary N) is 2. The highest BCUT2D eigenvalue weighted by Gasteiger charge is 2.52. The molecule has 2 aliphatic rings. The van der Waals surface area contributed by atoms with E-state index in [0.717, 1.165) is 6.42 Å². The summed E-state index contributed by atoms with van der Waals surface area (Å²) in [7, 11) is 0. The third kappa shape index (κ3) is 8.61. The summed E-state index contributed by atoms with van der Waals surface area (Å²) in [5.41, 5.74) is -2.19. The predicted octanol–water partition coefficient (Wildman–Crippen LogP) is 2.53. The average Bonchev–Trinajstić information content (AvgIpc) is 3.43. The largest absolute Gasteiger partial charge is 0.463 e. The van der Waals surface area contributed by atoms with Gasteiger partial charge in [0.1, 0.15) is 6.23 Å². The zero-order valence-electron chi connectivity index (χ0n) is 26.2. The Morgan fingerprint density at radius 1 is 1.04 bits per heavy atom. The molecule has 0 bridgehead atoms. The lowest BCUT2D eigenvalue weighted by atomic mass is 9.93. The molecular weight excluding hydrogens is 584 g/mol. The van der Waals surface area contributed by atoms with Crippen LogP contribution < -0.4 is 21.5 Å². The number of hydrogen-bond acceptors (Lipinski definition) is 9. The van der Waals surface area contributed by atoms with Crippen LogP contribution in [0.1, 0.15) is 58.7 Å². The van der Waals surface area contributed by atoms with Crippen molar-refractivity contribution in [2.45, 2.75) is 71.3 Å². The van der Waals surface area contributed by atoms with Crippen molar-refractivity contribution in [3.05, 3.63) is 62.9 Å². The SMILES string of the molecule is C#CC1CC(n2ccc(=O)[nH]c2=O)OC1COC(Cc1ccc(N2CCCNC2=O)cc1)(C(=O)OCC)C(=O)OCC.CCC. The van der Waals surface area contributed by atoms with Crippen molar-refractivity contribution in [3.63, 3.8) is 0 Å². The summed E-state index contributed by atoms with van der Waals surface area (Å²) in [5.74, 6) is 0.205. The first-order valence-electron chi connectivity index (χ1n) is 15.2. The Bertz CT molecular complexity index is 1440. The van der Waals surface area contributed by atoms with Gasteiger partial charge in [-0.3, -0.25) is 19.2 Å². The first-order chi connectivity index (χ1) is 21.6. The molecule has 45 heavy (non-hydrogen) atoms. The number of esters is 2. The van der Waals surface area contributed by atoms with Crippen LogP contribution in [0.2, 0.25) is 0 Å². The van der Waals surface area contributed by atoms with Crippen LogP contribution in [0.5, 0.6) is 0 Å². The molecule has 1 aromatic carbocycles. The Hall–Kier alpha value is -4.41. The van der Waals surface area contributed by atoms with E-state index < -0.39 is 47.0 Å². The van der Waals surface area contributed by atoms with Crippen LogP contribution in [-0.2, 0) is 35.0 Å². The molecular formula is C32H42N4O9. The Morgan fingerprint density at radius 3 is 2.24 bits per heavy atom. The van der Waals surface area contributed by atoms with Gasteiger partial charge < -0.3 is 24.3 Å². The standard InChI is InChI=1S/C29H34N4O9.C3H8/c1-4-20-16-24(33-15-12-23(34)31-28(33)38)42-22(20)18-41-29(25(35)39-5-2,26(36)40-6-3)17-19-8-10-21(11-9-19)32-14-7-13-30-27(32)37;1-3-2/h1,8-12,15,20,22,24H,5-7,13-14,16-18H2,2-3H3,(H,30,37)(H,31,34,38);3H2,1-2H3. The highest BCUT2D eigenvalue weighted by molar-refractivity contribution is 6.04. The minimum atomic E-state index is -2.19. The predicted molar refractivity (Wildman–Crippen MR) is 166 cm³/mol. The second kappa shape index (κ2) is 16.6. The molecule has 1 aromatic heterocycles. The number of rotatable bonds is 11. The second-order valence-corrected chi connectivity index (χ2v) is 10.5. The molecule has 4 rings (SSSR count). The van der Waals surface area contributed by atoms with Crippen LogP contribution in [0, 0.1) is 18.3 Å². The van der Waals surface area contributed by atoms with E-state index in [0.29, 0.717) is 24.3 Å².